The van der Waals surface area contributed by atoms with Crippen molar-refractivity contribution in [2.24, 2.45) is 11.8 Å². The third-order valence-corrected chi connectivity index (χ3v) is 13.3. The second kappa shape index (κ2) is 14.1. The van der Waals surface area contributed by atoms with Crippen molar-refractivity contribution in [1.29, 1.82) is 0 Å². The standard InChI is InChI=1S/C39H42BrN3O4S/c1-5-20-41(28-18-11-8-12-19-28)36(45)31-32-37(46)43(29(24-44)22-27-16-9-7-10-17-27)35(39(32)23-30(40)34(31)48-39)38(47)42(21-6-2)33-25(3)14-13-15-26(33)4/h5-19,29-32,34-35,44H,1-2,20-24H2,3-4H3/t29-,30?,31-,32+,34-,35?,39?/m1/s1. The number of carbonyl (C=O) groups is 3. The average Bonchev–Trinajstić information content (AvgIpc) is 3.69. The van der Waals surface area contributed by atoms with E-state index in [4.69, 9.17) is 0 Å². The number of alkyl halides is 1. The van der Waals surface area contributed by atoms with Crippen LogP contribution in [0.25, 0.3) is 0 Å². The van der Waals surface area contributed by atoms with Crippen LogP contribution in [0.3, 0.4) is 0 Å². The van der Waals surface area contributed by atoms with E-state index in [1.54, 1.807) is 38.6 Å². The van der Waals surface area contributed by atoms with Crippen LogP contribution >= 0.6 is 27.7 Å². The Morgan fingerprint density at radius 1 is 0.958 bits per heavy atom. The molecule has 1 spiro atoms. The summed E-state index contributed by atoms with van der Waals surface area (Å²) in [4.78, 5) is 50.1. The number of aliphatic hydroxyl groups excluding tert-OH is 1. The molecule has 3 saturated heterocycles. The van der Waals surface area contributed by atoms with Crippen LogP contribution in [-0.4, -0.2) is 74.3 Å². The van der Waals surface area contributed by atoms with E-state index in [0.29, 0.717) is 12.8 Å². The molecule has 3 unspecified atom stereocenters. The van der Waals surface area contributed by atoms with Crippen LogP contribution in [0.5, 0.6) is 0 Å². The summed E-state index contributed by atoms with van der Waals surface area (Å²) < 4.78 is -0.885. The maximum atomic E-state index is 15.3. The van der Waals surface area contributed by atoms with Crippen molar-refractivity contribution >= 4 is 56.8 Å². The normalized spacial score (nSPS) is 26.2. The molecule has 9 heteroatoms. The summed E-state index contributed by atoms with van der Waals surface area (Å²) in [6.07, 6.45) is 4.32. The molecule has 1 N–H and O–H groups in total. The maximum Gasteiger partial charge on any atom is 0.251 e. The number of hydrogen-bond acceptors (Lipinski definition) is 5. The number of amides is 3. The predicted octanol–water partition coefficient (Wildman–Crippen LogP) is 6.11. The van der Waals surface area contributed by atoms with Crippen LogP contribution in [0.2, 0.25) is 0 Å². The van der Waals surface area contributed by atoms with E-state index in [2.05, 4.69) is 29.1 Å². The van der Waals surface area contributed by atoms with E-state index in [1.165, 1.54) is 0 Å². The van der Waals surface area contributed by atoms with Crippen molar-refractivity contribution in [3.63, 3.8) is 0 Å². The fourth-order valence-corrected chi connectivity index (χ4v) is 11.8. The highest BCUT2D eigenvalue weighted by atomic mass is 79.9. The summed E-state index contributed by atoms with van der Waals surface area (Å²) >= 11 is 5.51. The van der Waals surface area contributed by atoms with Crippen molar-refractivity contribution in [2.75, 3.05) is 29.5 Å². The van der Waals surface area contributed by atoms with Gasteiger partial charge in [-0.2, -0.15) is 0 Å². The van der Waals surface area contributed by atoms with Crippen LogP contribution in [0.4, 0.5) is 11.4 Å². The Hall–Kier alpha value is -3.66. The van der Waals surface area contributed by atoms with Crippen molar-refractivity contribution in [3.8, 4) is 0 Å². The summed E-state index contributed by atoms with van der Waals surface area (Å²) in [6, 6.07) is 23.5. The molecule has 3 heterocycles. The highest BCUT2D eigenvalue weighted by Crippen LogP contribution is 2.68. The largest absolute Gasteiger partial charge is 0.394 e. The lowest BCUT2D eigenvalue weighted by atomic mass is 9.70. The number of thioether (sulfide) groups is 1. The summed E-state index contributed by atoms with van der Waals surface area (Å²) in [5.41, 5.74) is 4.36. The van der Waals surface area contributed by atoms with Gasteiger partial charge in [0.2, 0.25) is 11.8 Å². The Kier molecular flexibility index (Phi) is 10.0. The van der Waals surface area contributed by atoms with Gasteiger partial charge in [0.1, 0.15) is 6.04 Å². The molecule has 48 heavy (non-hydrogen) atoms. The number of halogens is 1. The molecule has 0 radical (unpaired) electrons. The molecule has 3 aliphatic rings. The molecule has 3 aromatic carbocycles. The van der Waals surface area contributed by atoms with Crippen molar-refractivity contribution < 1.29 is 19.5 Å². The zero-order valence-electron chi connectivity index (χ0n) is 27.4. The number of para-hydroxylation sites is 2. The van der Waals surface area contributed by atoms with E-state index in [0.717, 1.165) is 28.1 Å². The molecule has 0 aromatic heterocycles. The molecule has 3 fully saturated rings. The SMILES string of the molecule is C=CCN(C(=O)[C@H]1[C@@H]2SC3(CC2Br)C(C(=O)N(CC=C)c2c(C)cccc2C)N([C@@H](CO)Cc2ccccc2)C(=O)[C@H]13)c1ccccc1. The first-order valence-electron chi connectivity index (χ1n) is 16.4. The van der Waals surface area contributed by atoms with E-state index in [-0.39, 0.29) is 47.5 Å². The predicted molar refractivity (Wildman–Crippen MR) is 198 cm³/mol. The van der Waals surface area contributed by atoms with Gasteiger partial charge in [-0.1, -0.05) is 94.8 Å². The van der Waals surface area contributed by atoms with Gasteiger partial charge in [0.05, 0.1) is 29.2 Å². The zero-order chi connectivity index (χ0) is 34.2. The number of carbonyl (C=O) groups excluding carboxylic acids is 3. The van der Waals surface area contributed by atoms with Crippen molar-refractivity contribution in [3.05, 3.63) is 121 Å². The number of benzene rings is 3. The Labute approximate surface area is 295 Å². The minimum atomic E-state index is -0.910. The molecule has 7 atom stereocenters. The quantitative estimate of drug-likeness (QED) is 0.180. The maximum absolute atomic E-state index is 15.3. The minimum absolute atomic E-state index is 0.0909. The molecule has 0 saturated carbocycles. The monoisotopic (exact) mass is 727 g/mol. The second-order valence-corrected chi connectivity index (χ2v) is 15.7. The zero-order valence-corrected chi connectivity index (χ0v) is 29.8. The number of likely N-dealkylation sites (tertiary alicyclic amines) is 1. The van der Waals surface area contributed by atoms with Gasteiger partial charge in [0, 0.05) is 34.5 Å². The Bertz CT molecular complexity index is 1680. The lowest BCUT2D eigenvalue weighted by Gasteiger charge is -2.40. The first-order valence-corrected chi connectivity index (χ1v) is 18.2. The third-order valence-electron chi connectivity index (χ3n) is 10.1. The Balaban J connectivity index is 1.49. The highest BCUT2D eigenvalue weighted by Gasteiger charge is 2.76. The number of fused-ring (bicyclic) bond motifs is 1. The van der Waals surface area contributed by atoms with Gasteiger partial charge in [-0.25, -0.2) is 0 Å². The van der Waals surface area contributed by atoms with Crippen LogP contribution in [0.1, 0.15) is 23.1 Å². The highest BCUT2D eigenvalue weighted by molar-refractivity contribution is 9.09. The molecule has 3 aliphatic heterocycles. The topological polar surface area (TPSA) is 81.2 Å². The summed E-state index contributed by atoms with van der Waals surface area (Å²) in [6.45, 7) is 12.1. The van der Waals surface area contributed by atoms with Crippen LogP contribution in [-0.2, 0) is 20.8 Å². The number of hydrogen-bond donors (Lipinski definition) is 1. The Morgan fingerprint density at radius 2 is 1.56 bits per heavy atom. The fourth-order valence-electron chi connectivity index (χ4n) is 8.20. The summed E-state index contributed by atoms with van der Waals surface area (Å²) in [7, 11) is 0. The number of aryl methyl sites for hydroxylation is 2. The lowest BCUT2D eigenvalue weighted by molar-refractivity contribution is -0.141. The molecular weight excluding hydrogens is 686 g/mol. The van der Waals surface area contributed by atoms with Crippen LogP contribution in [0, 0.1) is 25.7 Å². The molecule has 3 aromatic rings. The van der Waals surface area contributed by atoms with Crippen molar-refractivity contribution in [2.45, 2.75) is 53.6 Å². The van der Waals surface area contributed by atoms with Crippen molar-refractivity contribution in [1.82, 2.24) is 4.90 Å². The average molecular weight is 729 g/mol. The van der Waals surface area contributed by atoms with E-state index >= 15 is 9.59 Å². The van der Waals surface area contributed by atoms with Gasteiger partial charge in [0.15, 0.2) is 0 Å². The summed E-state index contributed by atoms with van der Waals surface area (Å²) in [5, 5.41) is 10.7. The van der Waals surface area contributed by atoms with Gasteiger partial charge >= 0.3 is 0 Å². The van der Waals surface area contributed by atoms with E-state index in [9.17, 15) is 9.90 Å². The molecule has 250 valence electrons. The fraction of sp³-hybridized carbons (Fsp3) is 0.359. The third kappa shape index (κ3) is 5.73. The molecule has 7 nitrogen and oxygen atoms in total. The van der Waals surface area contributed by atoms with Gasteiger partial charge in [0.25, 0.3) is 5.91 Å². The number of rotatable bonds is 12. The van der Waals surface area contributed by atoms with Crippen LogP contribution in [0.15, 0.2) is 104 Å². The number of aliphatic hydroxyl groups is 1. The van der Waals surface area contributed by atoms with Crippen LogP contribution < -0.4 is 9.80 Å². The van der Waals surface area contributed by atoms with Gasteiger partial charge in [-0.15, -0.1) is 24.9 Å². The molecular formula is C39H42BrN3O4S. The first kappa shape index (κ1) is 34.2. The Morgan fingerprint density at radius 3 is 2.17 bits per heavy atom. The molecule has 3 amide bonds. The van der Waals surface area contributed by atoms with Gasteiger partial charge < -0.3 is 19.8 Å². The molecule has 0 aliphatic carbocycles. The summed E-state index contributed by atoms with van der Waals surface area (Å²) in [5.74, 6) is -2.04. The molecule has 2 bridgehead atoms. The smallest absolute Gasteiger partial charge is 0.251 e. The van der Waals surface area contributed by atoms with Gasteiger partial charge in [-0.3, -0.25) is 14.4 Å². The van der Waals surface area contributed by atoms with Gasteiger partial charge in [-0.05, 0) is 55.5 Å². The van der Waals surface area contributed by atoms with E-state index < -0.39 is 28.7 Å². The first-order chi connectivity index (χ1) is 23.2. The minimum Gasteiger partial charge on any atom is -0.394 e. The number of anilines is 2. The van der Waals surface area contributed by atoms with E-state index in [1.807, 2.05) is 92.7 Å². The second-order valence-electron chi connectivity index (χ2n) is 13.0. The number of nitrogens with zero attached hydrogens (tertiary/aromatic N) is 3. The lowest BCUT2D eigenvalue weighted by Crippen LogP contribution is -2.58. The molecule has 6 rings (SSSR count).